The van der Waals surface area contributed by atoms with Gasteiger partial charge in [-0.2, -0.15) is 4.98 Å². The van der Waals surface area contributed by atoms with Gasteiger partial charge >= 0.3 is 0 Å². The van der Waals surface area contributed by atoms with Crippen LogP contribution in [0.3, 0.4) is 0 Å². The topological polar surface area (TPSA) is 102 Å². The van der Waals surface area contributed by atoms with Crippen LogP contribution in [0.25, 0.3) is 11.1 Å². The predicted octanol–water partition coefficient (Wildman–Crippen LogP) is 3.38. The first-order chi connectivity index (χ1) is 13.6. The number of nitrogens with one attached hydrogen (secondary N) is 1. The van der Waals surface area contributed by atoms with Crippen LogP contribution in [0.5, 0.6) is 0 Å². The molecule has 2 aromatic carbocycles. The van der Waals surface area contributed by atoms with Crippen LogP contribution in [0.4, 0.5) is 11.7 Å². The van der Waals surface area contributed by atoms with Gasteiger partial charge in [0, 0.05) is 25.7 Å². The van der Waals surface area contributed by atoms with E-state index in [1.54, 1.807) is 12.1 Å². The summed E-state index contributed by atoms with van der Waals surface area (Å²) >= 11 is 0. The van der Waals surface area contributed by atoms with Gasteiger partial charge in [-0.1, -0.05) is 24.3 Å². The molecule has 0 radical (unpaired) electrons. The maximum atomic E-state index is 12.3. The number of benzene rings is 2. The molecule has 0 unspecified atom stereocenters. The summed E-state index contributed by atoms with van der Waals surface area (Å²) in [6.07, 6.45) is 1.77. The molecule has 4 rings (SSSR count). The maximum absolute atomic E-state index is 12.3. The minimum atomic E-state index is -0.534. The standard InChI is InChI=1S/C20H20N4O4/c25-19(15-5-1-3-7-17(15)24(26)27)21-13-14-9-11-23(12-10-14)20-22-16-6-2-4-8-18(16)28-20/h1-8,14H,9-13H2,(H,21,25). The first-order valence-corrected chi connectivity index (χ1v) is 9.24. The average Bonchev–Trinajstić information content (AvgIpc) is 3.16. The summed E-state index contributed by atoms with van der Waals surface area (Å²) in [5, 5.41) is 13.9. The van der Waals surface area contributed by atoms with Crippen molar-refractivity contribution in [2.24, 2.45) is 5.92 Å². The number of piperidine rings is 1. The monoisotopic (exact) mass is 380 g/mol. The molecule has 1 saturated heterocycles. The molecule has 1 aliphatic rings. The van der Waals surface area contributed by atoms with Crippen molar-refractivity contribution >= 4 is 28.7 Å². The third-order valence-corrected chi connectivity index (χ3v) is 5.06. The highest BCUT2D eigenvalue weighted by Gasteiger charge is 2.24. The third-order valence-electron chi connectivity index (χ3n) is 5.06. The van der Waals surface area contributed by atoms with E-state index >= 15 is 0 Å². The Hall–Kier alpha value is -3.42. The van der Waals surface area contributed by atoms with Crippen LogP contribution in [0.15, 0.2) is 52.9 Å². The number of nitro groups is 1. The van der Waals surface area contributed by atoms with Gasteiger partial charge in [0.05, 0.1) is 4.92 Å². The zero-order valence-electron chi connectivity index (χ0n) is 15.2. The summed E-state index contributed by atoms with van der Waals surface area (Å²) in [5.74, 6) is -0.0963. The van der Waals surface area contributed by atoms with Gasteiger partial charge in [-0.3, -0.25) is 14.9 Å². The molecule has 0 saturated carbocycles. The molecule has 1 aliphatic heterocycles. The lowest BCUT2D eigenvalue weighted by Crippen LogP contribution is -2.38. The van der Waals surface area contributed by atoms with E-state index in [0.29, 0.717) is 18.5 Å². The van der Waals surface area contributed by atoms with Crippen molar-refractivity contribution < 1.29 is 14.1 Å². The summed E-state index contributed by atoms with van der Waals surface area (Å²) in [6.45, 7) is 2.07. The molecule has 1 fully saturated rings. The molecule has 1 N–H and O–H groups in total. The zero-order chi connectivity index (χ0) is 19.5. The number of carbonyl (C=O) groups is 1. The molecule has 8 nitrogen and oxygen atoms in total. The molecule has 1 amide bonds. The van der Waals surface area contributed by atoms with Gasteiger partial charge in [0.25, 0.3) is 17.6 Å². The van der Waals surface area contributed by atoms with Crippen molar-refractivity contribution in [1.29, 1.82) is 0 Å². The van der Waals surface area contributed by atoms with Crippen LogP contribution in [0.2, 0.25) is 0 Å². The highest BCUT2D eigenvalue weighted by atomic mass is 16.6. The minimum absolute atomic E-state index is 0.0939. The normalized spacial score (nSPS) is 14.9. The van der Waals surface area contributed by atoms with E-state index in [1.807, 2.05) is 24.3 Å². The van der Waals surface area contributed by atoms with E-state index in [9.17, 15) is 14.9 Å². The Morgan fingerprint density at radius 1 is 1.18 bits per heavy atom. The minimum Gasteiger partial charge on any atom is -0.423 e. The molecule has 0 spiro atoms. The Bertz CT molecular complexity index is 975. The first-order valence-electron chi connectivity index (χ1n) is 9.24. The van der Waals surface area contributed by atoms with Gasteiger partial charge in [0.1, 0.15) is 11.1 Å². The summed E-state index contributed by atoms with van der Waals surface area (Å²) in [5.41, 5.74) is 1.54. The molecule has 0 bridgehead atoms. The Morgan fingerprint density at radius 3 is 2.64 bits per heavy atom. The van der Waals surface area contributed by atoms with Crippen LogP contribution in [0.1, 0.15) is 23.2 Å². The van der Waals surface area contributed by atoms with Gasteiger partial charge in [-0.05, 0) is 37.0 Å². The molecule has 2 heterocycles. The maximum Gasteiger partial charge on any atom is 0.298 e. The van der Waals surface area contributed by atoms with Gasteiger partial charge < -0.3 is 14.6 Å². The van der Waals surface area contributed by atoms with Crippen molar-refractivity contribution in [3.8, 4) is 0 Å². The van der Waals surface area contributed by atoms with Crippen molar-refractivity contribution in [1.82, 2.24) is 10.3 Å². The number of aromatic nitrogens is 1. The van der Waals surface area contributed by atoms with Gasteiger partial charge in [0.2, 0.25) is 0 Å². The van der Waals surface area contributed by atoms with Crippen LogP contribution in [-0.2, 0) is 0 Å². The Kier molecular flexibility index (Phi) is 4.92. The summed E-state index contributed by atoms with van der Waals surface area (Å²) < 4.78 is 5.82. The summed E-state index contributed by atoms with van der Waals surface area (Å²) in [7, 11) is 0. The number of oxazole rings is 1. The van der Waals surface area contributed by atoms with Gasteiger partial charge in [-0.25, -0.2) is 0 Å². The van der Waals surface area contributed by atoms with Gasteiger partial charge in [0.15, 0.2) is 5.58 Å². The molecule has 28 heavy (non-hydrogen) atoms. The highest BCUT2D eigenvalue weighted by molar-refractivity contribution is 5.98. The number of hydrogen-bond acceptors (Lipinski definition) is 6. The second-order valence-electron chi connectivity index (χ2n) is 6.88. The summed E-state index contributed by atoms with van der Waals surface area (Å²) in [6, 6.07) is 14.3. The van der Waals surface area contributed by atoms with E-state index in [4.69, 9.17) is 4.42 Å². The van der Waals surface area contributed by atoms with Crippen molar-refractivity contribution in [3.63, 3.8) is 0 Å². The molecule has 0 atom stereocenters. The molecule has 144 valence electrons. The van der Waals surface area contributed by atoms with Crippen molar-refractivity contribution in [2.75, 3.05) is 24.5 Å². The molecule has 8 heteroatoms. The van der Waals surface area contributed by atoms with E-state index in [-0.39, 0.29) is 11.3 Å². The smallest absolute Gasteiger partial charge is 0.298 e. The van der Waals surface area contributed by atoms with E-state index in [1.165, 1.54) is 12.1 Å². The first kappa shape index (κ1) is 18.0. The van der Waals surface area contributed by atoms with E-state index in [0.717, 1.165) is 37.0 Å². The fourth-order valence-electron chi connectivity index (χ4n) is 3.48. The molecule has 3 aromatic rings. The average molecular weight is 380 g/mol. The second kappa shape index (κ2) is 7.67. The Morgan fingerprint density at radius 2 is 1.89 bits per heavy atom. The highest BCUT2D eigenvalue weighted by Crippen LogP contribution is 2.26. The van der Waals surface area contributed by atoms with Crippen molar-refractivity contribution in [3.05, 3.63) is 64.2 Å². The lowest BCUT2D eigenvalue weighted by Gasteiger charge is -2.30. The van der Waals surface area contributed by atoms with E-state index in [2.05, 4.69) is 15.2 Å². The number of rotatable bonds is 5. The lowest BCUT2D eigenvalue weighted by atomic mass is 9.97. The molecule has 1 aromatic heterocycles. The molecular formula is C20H20N4O4. The Balaban J connectivity index is 1.32. The Labute approximate surface area is 161 Å². The molecular weight excluding hydrogens is 360 g/mol. The van der Waals surface area contributed by atoms with Crippen LogP contribution < -0.4 is 10.2 Å². The second-order valence-corrected chi connectivity index (χ2v) is 6.88. The number of amides is 1. The van der Waals surface area contributed by atoms with Crippen molar-refractivity contribution in [2.45, 2.75) is 12.8 Å². The van der Waals surface area contributed by atoms with E-state index < -0.39 is 10.8 Å². The number of carbonyl (C=O) groups excluding carboxylic acids is 1. The van der Waals surface area contributed by atoms with Crippen LogP contribution >= 0.6 is 0 Å². The van der Waals surface area contributed by atoms with Crippen LogP contribution in [-0.4, -0.2) is 35.4 Å². The number of nitrogens with zero attached hydrogens (tertiary/aromatic N) is 3. The SMILES string of the molecule is O=C(NCC1CCN(c2nc3ccccc3o2)CC1)c1ccccc1[N+](=O)[O-]. The quantitative estimate of drug-likeness (QED) is 0.538. The lowest BCUT2D eigenvalue weighted by molar-refractivity contribution is -0.385. The number of para-hydroxylation sites is 3. The summed E-state index contributed by atoms with van der Waals surface area (Å²) in [4.78, 5) is 29.5. The number of nitro benzene ring substituents is 1. The predicted molar refractivity (Wildman–Crippen MR) is 104 cm³/mol. The molecule has 0 aliphatic carbocycles. The number of hydrogen-bond donors (Lipinski definition) is 1. The zero-order valence-corrected chi connectivity index (χ0v) is 15.2. The largest absolute Gasteiger partial charge is 0.423 e. The fraction of sp³-hybridized carbons (Fsp3) is 0.300. The third kappa shape index (κ3) is 3.66. The fourth-order valence-corrected chi connectivity index (χ4v) is 3.48. The number of fused-ring (bicyclic) bond motifs is 1. The van der Waals surface area contributed by atoms with Crippen LogP contribution in [0, 0.1) is 16.0 Å². The van der Waals surface area contributed by atoms with Gasteiger partial charge in [-0.15, -0.1) is 0 Å². The number of anilines is 1.